The van der Waals surface area contributed by atoms with Crippen molar-refractivity contribution in [3.05, 3.63) is 0 Å². The highest BCUT2D eigenvalue weighted by Gasteiger charge is 2.28. The molecule has 1 heterocycles. The van der Waals surface area contributed by atoms with Crippen LogP contribution in [0.5, 0.6) is 0 Å². The van der Waals surface area contributed by atoms with E-state index in [0.717, 1.165) is 19.3 Å². The fourth-order valence-corrected chi connectivity index (χ4v) is 2.35. The summed E-state index contributed by atoms with van der Waals surface area (Å²) < 4.78 is 4.64. The average molecular weight is 271 g/mol. The minimum absolute atomic E-state index is 0.00124. The summed E-state index contributed by atoms with van der Waals surface area (Å²) in [6.07, 6.45) is 3.53. The Balaban J connectivity index is 2.48. The van der Waals surface area contributed by atoms with Crippen molar-refractivity contribution < 1.29 is 24.2 Å². The van der Waals surface area contributed by atoms with E-state index in [1.807, 2.05) is 0 Å². The van der Waals surface area contributed by atoms with E-state index in [1.54, 1.807) is 4.90 Å². The smallest absolute Gasteiger partial charge is 0.307 e. The Hall–Kier alpha value is -1.59. The number of esters is 1. The molecule has 1 amide bonds. The molecule has 0 aromatic rings. The number of carboxylic acid groups (broad SMARTS) is 1. The van der Waals surface area contributed by atoms with Crippen molar-refractivity contribution in [2.24, 2.45) is 0 Å². The summed E-state index contributed by atoms with van der Waals surface area (Å²) in [7, 11) is 1.34. The summed E-state index contributed by atoms with van der Waals surface area (Å²) in [6, 6.07) is -0.0986. The van der Waals surface area contributed by atoms with E-state index in [1.165, 1.54) is 7.11 Å². The van der Waals surface area contributed by atoms with E-state index >= 15 is 0 Å². The molecule has 1 rings (SSSR count). The van der Waals surface area contributed by atoms with Crippen LogP contribution in [0.2, 0.25) is 0 Å². The first-order valence-corrected chi connectivity index (χ1v) is 6.62. The maximum Gasteiger partial charge on any atom is 0.307 e. The van der Waals surface area contributed by atoms with Crippen molar-refractivity contribution in [3.8, 4) is 0 Å². The predicted octanol–water partition coefficient (Wildman–Crippen LogP) is 1.19. The Kier molecular flexibility index (Phi) is 6.32. The summed E-state index contributed by atoms with van der Waals surface area (Å²) >= 11 is 0. The number of hydrogen-bond acceptors (Lipinski definition) is 4. The lowest BCUT2D eigenvalue weighted by Crippen LogP contribution is -2.44. The summed E-state index contributed by atoms with van der Waals surface area (Å²) in [4.78, 5) is 35.5. The molecule has 0 saturated carbocycles. The number of carbonyl (C=O) groups excluding carboxylic acids is 2. The maximum atomic E-state index is 12.0. The van der Waals surface area contributed by atoms with Gasteiger partial charge in [-0.2, -0.15) is 0 Å². The highest BCUT2D eigenvalue weighted by molar-refractivity contribution is 5.78. The van der Waals surface area contributed by atoms with Gasteiger partial charge in [-0.3, -0.25) is 14.4 Å². The Labute approximate surface area is 112 Å². The molecule has 0 radical (unpaired) electrons. The molecule has 1 aliphatic heterocycles. The van der Waals surface area contributed by atoms with Gasteiger partial charge in [-0.15, -0.1) is 0 Å². The quantitative estimate of drug-likeness (QED) is 0.733. The Morgan fingerprint density at radius 1 is 1.26 bits per heavy atom. The van der Waals surface area contributed by atoms with Gasteiger partial charge in [0.25, 0.3) is 0 Å². The largest absolute Gasteiger partial charge is 0.481 e. The molecular formula is C13H21NO5. The van der Waals surface area contributed by atoms with Crippen LogP contribution in [0, 0.1) is 0 Å². The van der Waals surface area contributed by atoms with E-state index in [0.29, 0.717) is 13.0 Å². The van der Waals surface area contributed by atoms with E-state index in [9.17, 15) is 14.4 Å². The highest BCUT2D eigenvalue weighted by atomic mass is 16.5. The molecule has 19 heavy (non-hydrogen) atoms. The summed E-state index contributed by atoms with van der Waals surface area (Å²) in [6.45, 7) is 0.646. The second-order valence-electron chi connectivity index (χ2n) is 4.76. The van der Waals surface area contributed by atoms with Gasteiger partial charge in [0.2, 0.25) is 5.91 Å². The Bertz CT molecular complexity index is 342. The molecule has 1 saturated heterocycles. The van der Waals surface area contributed by atoms with Gasteiger partial charge in [0, 0.05) is 25.4 Å². The summed E-state index contributed by atoms with van der Waals surface area (Å²) in [5.74, 6) is -1.26. The van der Waals surface area contributed by atoms with Crippen molar-refractivity contribution in [1.82, 2.24) is 4.90 Å². The summed E-state index contributed by atoms with van der Waals surface area (Å²) in [5.41, 5.74) is 0. The van der Waals surface area contributed by atoms with Gasteiger partial charge < -0.3 is 14.7 Å². The SMILES string of the molecule is COC(=O)CC1CCCCN1C(=O)CCCC(=O)O. The monoisotopic (exact) mass is 271 g/mol. The zero-order valence-corrected chi connectivity index (χ0v) is 11.3. The first kappa shape index (κ1) is 15.5. The van der Waals surface area contributed by atoms with Crippen LogP contribution in [0.4, 0.5) is 0 Å². The van der Waals surface area contributed by atoms with Gasteiger partial charge >= 0.3 is 11.9 Å². The Morgan fingerprint density at radius 2 is 2.00 bits per heavy atom. The molecule has 6 heteroatoms. The second kappa shape index (κ2) is 7.76. The third-order valence-electron chi connectivity index (χ3n) is 3.36. The van der Waals surface area contributed by atoms with Crippen LogP contribution in [-0.4, -0.2) is 47.5 Å². The molecule has 1 unspecified atom stereocenters. The average Bonchev–Trinajstić information content (AvgIpc) is 2.38. The van der Waals surface area contributed by atoms with E-state index < -0.39 is 5.97 Å². The Morgan fingerprint density at radius 3 is 2.63 bits per heavy atom. The lowest BCUT2D eigenvalue weighted by molar-refractivity contribution is -0.144. The predicted molar refractivity (Wildman–Crippen MR) is 67.5 cm³/mol. The molecule has 1 aliphatic rings. The first-order chi connectivity index (χ1) is 9.04. The molecule has 0 aromatic heterocycles. The topological polar surface area (TPSA) is 83.9 Å². The molecule has 0 bridgehead atoms. The van der Waals surface area contributed by atoms with Crippen molar-refractivity contribution in [1.29, 1.82) is 0 Å². The number of carbonyl (C=O) groups is 3. The lowest BCUT2D eigenvalue weighted by atomic mass is 9.98. The number of aliphatic carboxylic acids is 1. The third kappa shape index (κ3) is 5.28. The van der Waals surface area contributed by atoms with Gasteiger partial charge in [-0.05, 0) is 25.7 Å². The minimum Gasteiger partial charge on any atom is -0.481 e. The van der Waals surface area contributed by atoms with Crippen LogP contribution in [0.25, 0.3) is 0 Å². The van der Waals surface area contributed by atoms with Crippen LogP contribution >= 0.6 is 0 Å². The van der Waals surface area contributed by atoms with E-state index in [2.05, 4.69) is 4.74 Å². The number of carboxylic acids is 1. The molecule has 1 fully saturated rings. The third-order valence-corrected chi connectivity index (χ3v) is 3.36. The number of ether oxygens (including phenoxy) is 1. The standard InChI is InChI=1S/C13H21NO5/c1-19-13(18)9-10-5-2-3-8-14(10)11(15)6-4-7-12(16)17/h10H,2-9H2,1H3,(H,16,17). The fourth-order valence-electron chi connectivity index (χ4n) is 2.35. The van der Waals surface area contributed by atoms with Crippen molar-refractivity contribution in [2.75, 3.05) is 13.7 Å². The van der Waals surface area contributed by atoms with Crippen LogP contribution < -0.4 is 0 Å². The number of piperidine rings is 1. The van der Waals surface area contributed by atoms with Crippen molar-refractivity contribution >= 4 is 17.8 Å². The maximum absolute atomic E-state index is 12.0. The molecular weight excluding hydrogens is 250 g/mol. The van der Waals surface area contributed by atoms with Gasteiger partial charge in [-0.1, -0.05) is 0 Å². The highest BCUT2D eigenvalue weighted by Crippen LogP contribution is 2.21. The normalized spacial score (nSPS) is 19.0. The number of rotatable bonds is 6. The molecule has 108 valence electrons. The number of methoxy groups -OCH3 is 1. The number of amides is 1. The molecule has 1 atom stereocenters. The van der Waals surface area contributed by atoms with Crippen LogP contribution in [0.15, 0.2) is 0 Å². The molecule has 0 aliphatic carbocycles. The van der Waals surface area contributed by atoms with Crippen molar-refractivity contribution in [2.45, 2.75) is 51.0 Å². The zero-order valence-electron chi connectivity index (χ0n) is 11.3. The van der Waals surface area contributed by atoms with Gasteiger partial charge in [0.1, 0.15) is 0 Å². The lowest BCUT2D eigenvalue weighted by Gasteiger charge is -2.35. The first-order valence-electron chi connectivity index (χ1n) is 6.62. The van der Waals surface area contributed by atoms with Crippen LogP contribution in [0.3, 0.4) is 0 Å². The molecule has 0 spiro atoms. The summed E-state index contributed by atoms with van der Waals surface area (Å²) in [5, 5.41) is 8.55. The van der Waals surface area contributed by atoms with E-state index in [-0.39, 0.29) is 37.2 Å². The zero-order chi connectivity index (χ0) is 14.3. The molecule has 6 nitrogen and oxygen atoms in total. The van der Waals surface area contributed by atoms with Gasteiger partial charge in [0.15, 0.2) is 0 Å². The van der Waals surface area contributed by atoms with Crippen molar-refractivity contribution in [3.63, 3.8) is 0 Å². The van der Waals surface area contributed by atoms with Crippen LogP contribution in [0.1, 0.15) is 44.9 Å². The second-order valence-corrected chi connectivity index (χ2v) is 4.76. The number of likely N-dealkylation sites (tertiary alicyclic amines) is 1. The fraction of sp³-hybridized carbons (Fsp3) is 0.769. The molecule has 1 N–H and O–H groups in total. The number of nitrogens with zero attached hydrogens (tertiary/aromatic N) is 1. The minimum atomic E-state index is -0.891. The molecule has 0 aromatic carbocycles. The van der Waals surface area contributed by atoms with Crippen LogP contribution in [-0.2, 0) is 19.1 Å². The van der Waals surface area contributed by atoms with Gasteiger partial charge in [0.05, 0.1) is 13.5 Å². The number of hydrogen-bond donors (Lipinski definition) is 1. The van der Waals surface area contributed by atoms with Gasteiger partial charge in [-0.25, -0.2) is 0 Å². The van der Waals surface area contributed by atoms with E-state index in [4.69, 9.17) is 5.11 Å².